The minimum Gasteiger partial charge on any atom is -0.493 e. The number of ether oxygens (including phenoxy) is 1. The number of benzene rings is 2. The molecule has 1 saturated heterocycles. The molecule has 2 heterocycles. The van der Waals surface area contributed by atoms with Crippen molar-refractivity contribution in [3.8, 4) is 5.75 Å². The Bertz CT molecular complexity index is 989. The van der Waals surface area contributed by atoms with Crippen molar-refractivity contribution in [1.82, 2.24) is 4.90 Å². The van der Waals surface area contributed by atoms with Crippen LogP contribution in [0.5, 0.6) is 5.75 Å². The maximum absolute atomic E-state index is 13.1. The summed E-state index contributed by atoms with van der Waals surface area (Å²) in [5.41, 5.74) is 0.866. The first-order chi connectivity index (χ1) is 15.3. The van der Waals surface area contributed by atoms with Gasteiger partial charge in [0.05, 0.1) is 17.7 Å². The normalized spacial score (nSPS) is 18.7. The van der Waals surface area contributed by atoms with Crippen molar-refractivity contribution in [2.45, 2.75) is 50.7 Å². The average Bonchev–Trinajstić information content (AvgIpc) is 2.77. The summed E-state index contributed by atoms with van der Waals surface area (Å²) in [5.74, 6) is 0.159. The molecule has 2 aromatic rings. The number of carbonyl (C=O) groups is 2. The highest BCUT2D eigenvalue weighted by molar-refractivity contribution is 5.99. The Balaban J connectivity index is 1.40. The SMILES string of the molecule is O=C(CCc1ccc(C(F)(F)F)cc1)Nc1ccc2c(c1)C(=O)N1CCCC[C@H]1CCO2. The van der Waals surface area contributed by atoms with Crippen LogP contribution in [0.2, 0.25) is 0 Å². The van der Waals surface area contributed by atoms with Crippen molar-refractivity contribution in [3.05, 3.63) is 59.2 Å². The van der Waals surface area contributed by atoms with Gasteiger partial charge in [-0.3, -0.25) is 9.59 Å². The van der Waals surface area contributed by atoms with E-state index in [4.69, 9.17) is 4.74 Å². The van der Waals surface area contributed by atoms with Gasteiger partial charge < -0.3 is 15.0 Å². The van der Waals surface area contributed by atoms with Crippen molar-refractivity contribution < 1.29 is 27.5 Å². The van der Waals surface area contributed by atoms with E-state index < -0.39 is 11.7 Å². The van der Waals surface area contributed by atoms with Crippen LogP contribution in [0.15, 0.2) is 42.5 Å². The highest BCUT2D eigenvalue weighted by Gasteiger charge is 2.31. The first kappa shape index (κ1) is 22.2. The molecule has 0 spiro atoms. The third-order valence-electron chi connectivity index (χ3n) is 6.01. The van der Waals surface area contributed by atoms with Crippen molar-refractivity contribution in [2.24, 2.45) is 0 Å². The van der Waals surface area contributed by atoms with E-state index in [1.807, 2.05) is 4.90 Å². The number of nitrogens with zero attached hydrogens (tertiary/aromatic N) is 1. The predicted octanol–water partition coefficient (Wildman–Crippen LogP) is 5.05. The van der Waals surface area contributed by atoms with Crippen LogP contribution in [0, 0.1) is 0 Å². The number of aryl methyl sites for hydroxylation is 1. The molecule has 0 aromatic heterocycles. The van der Waals surface area contributed by atoms with Gasteiger partial charge in [-0.25, -0.2) is 0 Å². The third kappa shape index (κ3) is 5.06. The fourth-order valence-corrected chi connectivity index (χ4v) is 4.27. The Morgan fingerprint density at radius 3 is 2.62 bits per heavy atom. The Hall–Kier alpha value is -3.03. The first-order valence-corrected chi connectivity index (χ1v) is 10.8. The molecule has 1 fully saturated rings. The molecule has 32 heavy (non-hydrogen) atoms. The van der Waals surface area contributed by atoms with Crippen molar-refractivity contribution >= 4 is 17.5 Å². The molecule has 2 aromatic carbocycles. The number of nitrogens with one attached hydrogen (secondary N) is 1. The van der Waals surface area contributed by atoms with Gasteiger partial charge >= 0.3 is 6.18 Å². The molecule has 2 amide bonds. The number of alkyl halides is 3. The fourth-order valence-electron chi connectivity index (χ4n) is 4.27. The van der Waals surface area contributed by atoms with Crippen LogP contribution in [0.3, 0.4) is 0 Å². The maximum Gasteiger partial charge on any atom is 0.416 e. The molecule has 5 nitrogen and oxygen atoms in total. The Kier molecular flexibility index (Phi) is 6.39. The molecule has 2 aliphatic rings. The van der Waals surface area contributed by atoms with E-state index in [9.17, 15) is 22.8 Å². The van der Waals surface area contributed by atoms with Gasteiger partial charge in [-0.2, -0.15) is 13.2 Å². The molecule has 1 atom stereocenters. The highest BCUT2D eigenvalue weighted by Crippen LogP contribution is 2.31. The van der Waals surface area contributed by atoms with Crippen LogP contribution in [-0.4, -0.2) is 35.9 Å². The number of hydrogen-bond acceptors (Lipinski definition) is 3. The summed E-state index contributed by atoms with van der Waals surface area (Å²) in [6.07, 6.45) is -0.0727. The molecular weight excluding hydrogens is 421 g/mol. The smallest absolute Gasteiger partial charge is 0.416 e. The Morgan fingerprint density at radius 2 is 1.88 bits per heavy atom. The fraction of sp³-hybridized carbons (Fsp3) is 0.417. The van der Waals surface area contributed by atoms with Crippen LogP contribution < -0.4 is 10.1 Å². The van der Waals surface area contributed by atoms with Crippen LogP contribution in [0.4, 0.5) is 18.9 Å². The summed E-state index contributed by atoms with van der Waals surface area (Å²) in [6.45, 7) is 1.27. The van der Waals surface area contributed by atoms with Gasteiger partial charge in [-0.05, 0) is 61.6 Å². The summed E-state index contributed by atoms with van der Waals surface area (Å²) in [7, 11) is 0. The molecule has 4 rings (SSSR count). The molecule has 2 aliphatic heterocycles. The third-order valence-corrected chi connectivity index (χ3v) is 6.01. The van der Waals surface area contributed by atoms with Gasteiger partial charge in [0.15, 0.2) is 0 Å². The molecule has 8 heteroatoms. The highest BCUT2D eigenvalue weighted by atomic mass is 19.4. The number of piperidine rings is 1. The second-order valence-electron chi connectivity index (χ2n) is 8.24. The molecule has 0 saturated carbocycles. The average molecular weight is 446 g/mol. The number of halogens is 3. The summed E-state index contributed by atoms with van der Waals surface area (Å²) >= 11 is 0. The van der Waals surface area contributed by atoms with E-state index in [0.717, 1.165) is 44.4 Å². The maximum atomic E-state index is 13.1. The van der Waals surface area contributed by atoms with Gasteiger partial charge in [0, 0.05) is 31.1 Å². The zero-order valence-corrected chi connectivity index (χ0v) is 17.6. The molecule has 0 aliphatic carbocycles. The Labute approximate surface area is 184 Å². The number of rotatable bonds is 4. The zero-order valence-electron chi connectivity index (χ0n) is 17.6. The van der Waals surface area contributed by atoms with Crippen LogP contribution in [0.1, 0.15) is 53.6 Å². The molecule has 1 N–H and O–H groups in total. The standard InChI is InChI=1S/C24H25F3N2O3/c25-24(26,27)17-7-4-16(5-8-17)6-11-22(30)28-18-9-10-21-20(15-18)23(31)29-13-2-1-3-19(29)12-14-32-21/h4-5,7-10,15,19H,1-3,6,11-14H2,(H,28,30)/t19-/m0/s1. The van der Waals surface area contributed by atoms with Gasteiger partial charge in [0.1, 0.15) is 5.75 Å². The van der Waals surface area contributed by atoms with Crippen LogP contribution >= 0.6 is 0 Å². The first-order valence-electron chi connectivity index (χ1n) is 10.8. The Morgan fingerprint density at radius 1 is 1.09 bits per heavy atom. The second-order valence-corrected chi connectivity index (χ2v) is 8.24. The van der Waals surface area contributed by atoms with Crippen molar-refractivity contribution in [1.29, 1.82) is 0 Å². The summed E-state index contributed by atoms with van der Waals surface area (Å²) in [4.78, 5) is 27.4. The number of fused-ring (bicyclic) bond motifs is 2. The van der Waals surface area contributed by atoms with E-state index in [1.54, 1.807) is 18.2 Å². The van der Waals surface area contributed by atoms with Gasteiger partial charge in [-0.1, -0.05) is 12.1 Å². The monoisotopic (exact) mass is 446 g/mol. The molecule has 0 radical (unpaired) electrons. The summed E-state index contributed by atoms with van der Waals surface area (Å²) in [6, 6.07) is 10.0. The number of amides is 2. The molecule has 170 valence electrons. The summed E-state index contributed by atoms with van der Waals surface area (Å²) < 4.78 is 43.8. The number of anilines is 1. The lowest BCUT2D eigenvalue weighted by Crippen LogP contribution is -2.45. The van der Waals surface area contributed by atoms with Gasteiger partial charge in [0.25, 0.3) is 5.91 Å². The lowest BCUT2D eigenvalue weighted by Gasteiger charge is -2.37. The molecule has 0 bridgehead atoms. The minimum atomic E-state index is -4.38. The van der Waals surface area contributed by atoms with E-state index in [-0.39, 0.29) is 24.3 Å². The van der Waals surface area contributed by atoms with E-state index in [2.05, 4.69) is 5.32 Å². The van der Waals surface area contributed by atoms with E-state index in [0.29, 0.717) is 35.6 Å². The van der Waals surface area contributed by atoms with Gasteiger partial charge in [-0.15, -0.1) is 0 Å². The second kappa shape index (κ2) is 9.22. The van der Waals surface area contributed by atoms with Crippen molar-refractivity contribution in [3.63, 3.8) is 0 Å². The van der Waals surface area contributed by atoms with Gasteiger partial charge in [0.2, 0.25) is 5.91 Å². The largest absolute Gasteiger partial charge is 0.493 e. The summed E-state index contributed by atoms with van der Waals surface area (Å²) in [5, 5.41) is 2.78. The quantitative estimate of drug-likeness (QED) is 0.715. The number of hydrogen-bond donors (Lipinski definition) is 1. The van der Waals surface area contributed by atoms with Crippen molar-refractivity contribution in [2.75, 3.05) is 18.5 Å². The lowest BCUT2D eigenvalue weighted by atomic mass is 9.97. The molecular formula is C24H25F3N2O3. The lowest BCUT2D eigenvalue weighted by molar-refractivity contribution is -0.137. The van der Waals surface area contributed by atoms with E-state index in [1.165, 1.54) is 12.1 Å². The zero-order chi connectivity index (χ0) is 22.7. The number of carbonyl (C=O) groups excluding carboxylic acids is 2. The minimum absolute atomic E-state index is 0.0785. The van der Waals surface area contributed by atoms with Crippen LogP contribution in [0.25, 0.3) is 0 Å². The predicted molar refractivity (Wildman–Crippen MR) is 114 cm³/mol. The molecule has 0 unspecified atom stereocenters. The topological polar surface area (TPSA) is 58.6 Å². The van der Waals surface area contributed by atoms with E-state index >= 15 is 0 Å². The van der Waals surface area contributed by atoms with Crippen LogP contribution in [-0.2, 0) is 17.4 Å².